The molecule has 3 heteroatoms. The number of hydrogen-bond donors (Lipinski definition) is 1. The van der Waals surface area contributed by atoms with Gasteiger partial charge in [0.15, 0.2) is 0 Å². The van der Waals surface area contributed by atoms with Gasteiger partial charge in [0, 0.05) is 17.1 Å². The van der Waals surface area contributed by atoms with Gasteiger partial charge in [0.2, 0.25) is 0 Å². The average molecular weight is 331 g/mol. The zero-order valence-corrected chi connectivity index (χ0v) is 13.4. The number of benzene rings is 1. The third kappa shape index (κ3) is 3.28. The van der Waals surface area contributed by atoms with Gasteiger partial charge < -0.3 is 5.32 Å². The lowest BCUT2D eigenvalue weighted by Gasteiger charge is -2.21. The molecule has 0 heterocycles. The van der Waals surface area contributed by atoms with E-state index in [2.05, 4.69) is 41.2 Å². The molecule has 2 rings (SSSR count). The lowest BCUT2D eigenvalue weighted by atomic mass is 9.93. The fraction of sp³-hybridized carbons (Fsp3) is 0.600. The van der Waals surface area contributed by atoms with Gasteiger partial charge >= 0.3 is 0 Å². The summed E-state index contributed by atoms with van der Waals surface area (Å²) in [6, 6.07) is 6.85. The summed E-state index contributed by atoms with van der Waals surface area (Å²) in [5.74, 6) is 1.69. The topological polar surface area (TPSA) is 12.0 Å². The Morgan fingerprint density at radius 1 is 1.39 bits per heavy atom. The van der Waals surface area contributed by atoms with Gasteiger partial charge in [-0.15, -0.1) is 0 Å². The van der Waals surface area contributed by atoms with Gasteiger partial charge in [0.25, 0.3) is 0 Å². The molecule has 1 aliphatic rings. The molecule has 1 fully saturated rings. The van der Waals surface area contributed by atoms with E-state index < -0.39 is 0 Å². The number of nitrogens with one attached hydrogen (secondary N) is 1. The third-order valence-corrected chi connectivity index (χ3v) is 5.54. The second kappa shape index (κ2) is 6.40. The first-order chi connectivity index (χ1) is 8.61. The Labute approximate surface area is 123 Å². The Morgan fingerprint density at radius 2 is 2.17 bits per heavy atom. The van der Waals surface area contributed by atoms with Crippen molar-refractivity contribution in [1.29, 1.82) is 0 Å². The smallest absolute Gasteiger partial charge is 0.0551 e. The van der Waals surface area contributed by atoms with Crippen LogP contribution in [0.5, 0.6) is 0 Å². The minimum Gasteiger partial charge on any atom is -0.310 e. The van der Waals surface area contributed by atoms with E-state index in [0.29, 0.717) is 6.04 Å². The predicted octanol–water partition coefficient (Wildman–Crippen LogP) is 5.02. The Hall–Kier alpha value is -0.0500. The molecular weight excluding hydrogens is 310 g/mol. The second-order valence-corrected chi connectivity index (χ2v) is 6.60. The van der Waals surface area contributed by atoms with E-state index >= 15 is 0 Å². The lowest BCUT2D eigenvalue weighted by Crippen LogP contribution is -2.32. The highest BCUT2D eigenvalue weighted by Crippen LogP contribution is 2.34. The lowest BCUT2D eigenvalue weighted by molar-refractivity contribution is 0.344. The Balaban J connectivity index is 1.90. The van der Waals surface area contributed by atoms with Crippen LogP contribution >= 0.6 is 27.5 Å². The Kier molecular flexibility index (Phi) is 5.11. The van der Waals surface area contributed by atoms with Gasteiger partial charge in [0.1, 0.15) is 0 Å². The molecule has 1 nitrogen and oxygen atoms in total. The molecule has 0 saturated heterocycles. The van der Waals surface area contributed by atoms with E-state index in [1.807, 2.05) is 12.1 Å². The van der Waals surface area contributed by atoms with Crippen molar-refractivity contribution in [3.05, 3.63) is 33.3 Å². The molecule has 100 valence electrons. The maximum Gasteiger partial charge on any atom is 0.0551 e. The molecule has 1 saturated carbocycles. The van der Waals surface area contributed by atoms with Crippen LogP contribution in [-0.4, -0.2) is 6.04 Å². The molecule has 1 aromatic carbocycles. The molecule has 0 spiro atoms. The van der Waals surface area contributed by atoms with E-state index in [1.54, 1.807) is 0 Å². The summed E-state index contributed by atoms with van der Waals surface area (Å²) in [5, 5.41) is 4.48. The Morgan fingerprint density at radius 3 is 2.78 bits per heavy atom. The first kappa shape index (κ1) is 14.4. The highest BCUT2D eigenvalue weighted by atomic mass is 79.9. The van der Waals surface area contributed by atoms with Crippen LogP contribution < -0.4 is 5.32 Å². The van der Waals surface area contributed by atoms with Crippen molar-refractivity contribution in [1.82, 2.24) is 5.32 Å². The molecular formula is C15H21BrClN. The predicted molar refractivity (Wildman–Crippen MR) is 82.0 cm³/mol. The first-order valence-corrected chi connectivity index (χ1v) is 7.96. The van der Waals surface area contributed by atoms with Crippen LogP contribution in [0, 0.1) is 11.8 Å². The summed E-state index contributed by atoms with van der Waals surface area (Å²) in [4.78, 5) is 0. The molecule has 1 aromatic rings. The second-order valence-electron chi connectivity index (χ2n) is 5.34. The summed E-state index contributed by atoms with van der Waals surface area (Å²) in [6.45, 7) is 5.60. The van der Waals surface area contributed by atoms with Crippen molar-refractivity contribution in [3.8, 4) is 0 Å². The molecule has 0 aliphatic heterocycles. The van der Waals surface area contributed by atoms with Gasteiger partial charge in [-0.1, -0.05) is 37.9 Å². The minimum atomic E-state index is 0.664. The number of halogens is 2. The van der Waals surface area contributed by atoms with Crippen LogP contribution in [0.3, 0.4) is 0 Å². The molecule has 0 bridgehead atoms. The van der Waals surface area contributed by atoms with E-state index in [9.17, 15) is 0 Å². The number of rotatable bonds is 4. The molecule has 3 unspecified atom stereocenters. The summed E-state index contributed by atoms with van der Waals surface area (Å²) in [6.07, 6.45) is 3.99. The van der Waals surface area contributed by atoms with Gasteiger partial charge in [-0.2, -0.15) is 0 Å². The normalized spacial score (nSPS) is 27.7. The quantitative estimate of drug-likeness (QED) is 0.817. The summed E-state index contributed by atoms with van der Waals surface area (Å²) in [7, 11) is 0. The van der Waals surface area contributed by atoms with Crippen LogP contribution in [0.1, 0.15) is 38.7 Å². The van der Waals surface area contributed by atoms with Crippen LogP contribution in [0.25, 0.3) is 0 Å². The highest BCUT2D eigenvalue weighted by molar-refractivity contribution is 9.10. The van der Waals surface area contributed by atoms with Gasteiger partial charge in [-0.3, -0.25) is 0 Å². The maximum atomic E-state index is 6.11. The van der Waals surface area contributed by atoms with Crippen LogP contribution in [-0.2, 0) is 6.54 Å². The standard InChI is InChI=1S/C15H21BrClN/c1-3-12-5-7-15(10(12)2)18-9-11-4-6-13(16)14(17)8-11/h4,6,8,10,12,15,18H,3,5,7,9H2,1-2H3. The highest BCUT2D eigenvalue weighted by Gasteiger charge is 2.30. The van der Waals surface area contributed by atoms with Crippen molar-refractivity contribution in [2.24, 2.45) is 11.8 Å². The van der Waals surface area contributed by atoms with Crippen LogP contribution in [0.2, 0.25) is 5.02 Å². The van der Waals surface area contributed by atoms with E-state index in [0.717, 1.165) is 27.9 Å². The van der Waals surface area contributed by atoms with Crippen molar-refractivity contribution >= 4 is 27.5 Å². The molecule has 1 N–H and O–H groups in total. The molecule has 0 aromatic heterocycles. The van der Waals surface area contributed by atoms with Gasteiger partial charge in [-0.25, -0.2) is 0 Å². The fourth-order valence-electron chi connectivity index (χ4n) is 3.01. The molecule has 18 heavy (non-hydrogen) atoms. The van der Waals surface area contributed by atoms with E-state index in [1.165, 1.54) is 24.8 Å². The SMILES string of the molecule is CCC1CCC(NCc2ccc(Br)c(Cl)c2)C1C. The van der Waals surface area contributed by atoms with Crippen LogP contribution in [0.15, 0.2) is 22.7 Å². The van der Waals surface area contributed by atoms with Crippen molar-refractivity contribution in [2.75, 3.05) is 0 Å². The zero-order chi connectivity index (χ0) is 13.1. The zero-order valence-electron chi connectivity index (χ0n) is 11.0. The maximum absolute atomic E-state index is 6.11. The van der Waals surface area contributed by atoms with E-state index in [4.69, 9.17) is 11.6 Å². The largest absolute Gasteiger partial charge is 0.310 e. The fourth-order valence-corrected chi connectivity index (χ4v) is 3.46. The van der Waals surface area contributed by atoms with Crippen molar-refractivity contribution in [3.63, 3.8) is 0 Å². The first-order valence-electron chi connectivity index (χ1n) is 6.79. The average Bonchev–Trinajstić information content (AvgIpc) is 2.72. The van der Waals surface area contributed by atoms with Gasteiger partial charge in [-0.05, 0) is 58.3 Å². The summed E-state index contributed by atoms with van der Waals surface area (Å²) in [5.41, 5.74) is 1.26. The molecule has 0 amide bonds. The minimum absolute atomic E-state index is 0.664. The molecule has 1 aliphatic carbocycles. The van der Waals surface area contributed by atoms with Crippen molar-refractivity contribution < 1.29 is 0 Å². The molecule has 3 atom stereocenters. The monoisotopic (exact) mass is 329 g/mol. The third-order valence-electron chi connectivity index (χ3n) is 4.30. The summed E-state index contributed by atoms with van der Waals surface area (Å²) < 4.78 is 0.966. The van der Waals surface area contributed by atoms with Crippen LogP contribution in [0.4, 0.5) is 0 Å². The summed E-state index contributed by atoms with van der Waals surface area (Å²) >= 11 is 9.53. The van der Waals surface area contributed by atoms with Crippen molar-refractivity contribution in [2.45, 2.75) is 45.7 Å². The molecule has 0 radical (unpaired) electrons. The van der Waals surface area contributed by atoms with Gasteiger partial charge in [0.05, 0.1) is 5.02 Å². The van der Waals surface area contributed by atoms with E-state index in [-0.39, 0.29) is 0 Å². The Bertz CT molecular complexity index is 407. The number of hydrogen-bond acceptors (Lipinski definition) is 1.